The third kappa shape index (κ3) is 2.09. The highest BCUT2D eigenvalue weighted by atomic mass is 19.1. The van der Waals surface area contributed by atoms with Crippen molar-refractivity contribution in [3.05, 3.63) is 35.9 Å². The molecule has 2 fully saturated rings. The zero-order chi connectivity index (χ0) is 13.5. The first-order valence-corrected chi connectivity index (χ1v) is 6.75. The molecule has 3 rings (SSSR count). The van der Waals surface area contributed by atoms with E-state index in [1.54, 1.807) is 0 Å². The molecule has 1 amide bonds. The molecule has 102 valence electrons. The molecule has 0 radical (unpaired) electrons. The van der Waals surface area contributed by atoms with Crippen LogP contribution in [0.1, 0.15) is 31.2 Å². The molecule has 1 N–H and O–H groups in total. The number of halogens is 1. The Labute approximate surface area is 112 Å². The number of hydrogen-bond acceptors (Lipinski definition) is 1. The third-order valence-corrected chi connectivity index (χ3v) is 4.72. The predicted molar refractivity (Wildman–Crippen MR) is 69.7 cm³/mol. The van der Waals surface area contributed by atoms with E-state index in [1.165, 1.54) is 4.90 Å². The molecule has 1 aromatic rings. The van der Waals surface area contributed by atoms with Crippen LogP contribution in [0.25, 0.3) is 0 Å². The van der Waals surface area contributed by atoms with Gasteiger partial charge >= 0.3 is 6.09 Å². The van der Waals surface area contributed by atoms with Crippen molar-refractivity contribution in [3.63, 3.8) is 0 Å². The largest absolute Gasteiger partial charge is 0.465 e. The molecule has 4 heteroatoms. The van der Waals surface area contributed by atoms with Crippen LogP contribution in [0.2, 0.25) is 0 Å². The highest BCUT2D eigenvalue weighted by Crippen LogP contribution is 2.51. The Bertz CT molecular complexity index is 472. The SMILES string of the molecule is O=C(O)N1CC2(CCC(F)(c3ccccc3)CC2)C1. The first kappa shape index (κ1) is 12.5. The van der Waals surface area contributed by atoms with Crippen molar-refractivity contribution in [1.82, 2.24) is 4.90 Å². The number of likely N-dealkylation sites (tertiary alicyclic amines) is 1. The molecule has 1 saturated heterocycles. The second-order valence-corrected chi connectivity index (χ2v) is 5.97. The average Bonchev–Trinajstić information content (AvgIpc) is 2.38. The van der Waals surface area contributed by atoms with Gasteiger partial charge in [-0.2, -0.15) is 0 Å². The molecule has 0 unspecified atom stereocenters. The smallest absolute Gasteiger partial charge is 0.407 e. The molecule has 1 saturated carbocycles. The lowest BCUT2D eigenvalue weighted by Crippen LogP contribution is -2.60. The van der Waals surface area contributed by atoms with Gasteiger partial charge in [-0.25, -0.2) is 9.18 Å². The van der Waals surface area contributed by atoms with Gasteiger partial charge in [-0.1, -0.05) is 30.3 Å². The minimum absolute atomic E-state index is 0.0444. The molecule has 2 aliphatic rings. The molecule has 19 heavy (non-hydrogen) atoms. The quantitative estimate of drug-likeness (QED) is 0.843. The monoisotopic (exact) mass is 263 g/mol. The number of hydrogen-bond donors (Lipinski definition) is 1. The number of rotatable bonds is 1. The molecule has 1 aliphatic carbocycles. The number of amides is 1. The Hall–Kier alpha value is -1.58. The second-order valence-electron chi connectivity index (χ2n) is 5.97. The summed E-state index contributed by atoms with van der Waals surface area (Å²) in [5.74, 6) is 0. The highest BCUT2D eigenvalue weighted by molar-refractivity contribution is 5.66. The fraction of sp³-hybridized carbons (Fsp3) is 0.533. The number of alkyl halides is 1. The highest BCUT2D eigenvalue weighted by Gasteiger charge is 2.51. The van der Waals surface area contributed by atoms with E-state index >= 15 is 0 Å². The Kier molecular flexibility index (Phi) is 2.77. The van der Waals surface area contributed by atoms with Gasteiger partial charge in [0.25, 0.3) is 0 Å². The Morgan fingerprint density at radius 2 is 1.68 bits per heavy atom. The summed E-state index contributed by atoms with van der Waals surface area (Å²) in [6, 6.07) is 9.34. The van der Waals surface area contributed by atoms with Crippen LogP contribution in [0.3, 0.4) is 0 Å². The van der Waals surface area contributed by atoms with Crippen LogP contribution in [0, 0.1) is 5.41 Å². The first-order chi connectivity index (χ1) is 9.03. The van der Waals surface area contributed by atoms with Crippen LogP contribution in [0.4, 0.5) is 9.18 Å². The van der Waals surface area contributed by atoms with E-state index in [2.05, 4.69) is 0 Å². The summed E-state index contributed by atoms with van der Waals surface area (Å²) >= 11 is 0. The summed E-state index contributed by atoms with van der Waals surface area (Å²) in [4.78, 5) is 12.2. The maximum absolute atomic E-state index is 14.9. The zero-order valence-corrected chi connectivity index (χ0v) is 10.8. The van der Waals surface area contributed by atoms with Crippen LogP contribution in [0.5, 0.6) is 0 Å². The lowest BCUT2D eigenvalue weighted by molar-refractivity contribution is -0.0551. The zero-order valence-electron chi connectivity index (χ0n) is 10.8. The van der Waals surface area contributed by atoms with E-state index in [4.69, 9.17) is 5.11 Å². The number of benzene rings is 1. The van der Waals surface area contributed by atoms with Gasteiger partial charge in [-0.3, -0.25) is 0 Å². The summed E-state index contributed by atoms with van der Waals surface area (Å²) in [6.07, 6.45) is 1.71. The molecule has 0 bridgehead atoms. The molecular formula is C15H18FNO2. The van der Waals surface area contributed by atoms with Crippen molar-refractivity contribution in [2.24, 2.45) is 5.41 Å². The van der Waals surface area contributed by atoms with Crippen molar-refractivity contribution in [2.45, 2.75) is 31.4 Å². The van der Waals surface area contributed by atoms with E-state index < -0.39 is 11.8 Å². The summed E-state index contributed by atoms with van der Waals surface area (Å²) in [7, 11) is 0. The Balaban J connectivity index is 1.66. The van der Waals surface area contributed by atoms with Crippen molar-refractivity contribution in [2.75, 3.05) is 13.1 Å². The molecular weight excluding hydrogens is 245 g/mol. The topological polar surface area (TPSA) is 40.5 Å². The number of nitrogens with zero attached hydrogens (tertiary/aromatic N) is 1. The standard InChI is InChI=1S/C15H18FNO2/c16-15(12-4-2-1-3-5-12)8-6-14(7-9-15)10-17(11-14)13(18)19/h1-5H,6-11H2,(H,18,19). The summed E-state index contributed by atoms with van der Waals surface area (Å²) in [6.45, 7) is 1.15. The Morgan fingerprint density at radius 1 is 1.11 bits per heavy atom. The van der Waals surface area contributed by atoms with Gasteiger partial charge in [0.1, 0.15) is 5.67 Å². The Morgan fingerprint density at radius 3 is 2.21 bits per heavy atom. The van der Waals surface area contributed by atoms with Crippen LogP contribution in [-0.4, -0.2) is 29.2 Å². The molecule has 1 heterocycles. The van der Waals surface area contributed by atoms with Crippen molar-refractivity contribution >= 4 is 6.09 Å². The fourth-order valence-electron chi connectivity index (χ4n) is 3.42. The van der Waals surface area contributed by atoms with Crippen molar-refractivity contribution in [1.29, 1.82) is 0 Å². The number of carbonyl (C=O) groups is 1. The minimum atomic E-state index is -1.23. The van der Waals surface area contributed by atoms with Gasteiger partial charge < -0.3 is 10.0 Å². The lowest BCUT2D eigenvalue weighted by Gasteiger charge is -2.53. The van der Waals surface area contributed by atoms with Crippen LogP contribution >= 0.6 is 0 Å². The molecule has 1 aliphatic heterocycles. The maximum atomic E-state index is 14.9. The minimum Gasteiger partial charge on any atom is -0.465 e. The van der Waals surface area contributed by atoms with Crippen LogP contribution in [-0.2, 0) is 5.67 Å². The average molecular weight is 263 g/mol. The van der Waals surface area contributed by atoms with Crippen LogP contribution in [0.15, 0.2) is 30.3 Å². The van der Waals surface area contributed by atoms with Gasteiger partial charge in [-0.05, 0) is 31.2 Å². The van der Waals surface area contributed by atoms with E-state index in [9.17, 15) is 9.18 Å². The maximum Gasteiger partial charge on any atom is 0.407 e. The van der Waals surface area contributed by atoms with Gasteiger partial charge in [0.2, 0.25) is 0 Å². The summed E-state index contributed by atoms with van der Waals surface area (Å²) in [5.41, 5.74) is -0.418. The molecule has 1 aromatic carbocycles. The van der Waals surface area contributed by atoms with Gasteiger partial charge in [-0.15, -0.1) is 0 Å². The second kappa shape index (κ2) is 4.22. The van der Waals surface area contributed by atoms with Gasteiger partial charge in [0, 0.05) is 18.5 Å². The third-order valence-electron chi connectivity index (χ3n) is 4.72. The molecule has 0 atom stereocenters. The molecule has 1 spiro atoms. The van der Waals surface area contributed by atoms with Gasteiger partial charge in [0.15, 0.2) is 0 Å². The molecule has 0 aromatic heterocycles. The normalized spacial score (nSPS) is 23.9. The first-order valence-electron chi connectivity index (χ1n) is 6.75. The van der Waals surface area contributed by atoms with Gasteiger partial charge in [0.05, 0.1) is 0 Å². The summed E-state index contributed by atoms with van der Waals surface area (Å²) in [5, 5.41) is 8.88. The fourth-order valence-corrected chi connectivity index (χ4v) is 3.42. The van der Waals surface area contributed by atoms with E-state index in [0.29, 0.717) is 25.9 Å². The van der Waals surface area contributed by atoms with E-state index in [1.807, 2.05) is 30.3 Å². The van der Waals surface area contributed by atoms with E-state index in [0.717, 1.165) is 18.4 Å². The van der Waals surface area contributed by atoms with Crippen molar-refractivity contribution in [3.8, 4) is 0 Å². The summed E-state index contributed by atoms with van der Waals surface area (Å²) < 4.78 is 14.9. The van der Waals surface area contributed by atoms with Crippen molar-refractivity contribution < 1.29 is 14.3 Å². The lowest BCUT2D eigenvalue weighted by atomic mass is 9.64. The predicted octanol–water partition coefficient (Wildman–Crippen LogP) is 3.41. The molecule has 3 nitrogen and oxygen atoms in total. The van der Waals surface area contributed by atoms with Crippen LogP contribution < -0.4 is 0 Å². The number of carboxylic acid groups (broad SMARTS) is 1. The van der Waals surface area contributed by atoms with E-state index in [-0.39, 0.29) is 5.41 Å².